The number of rotatable bonds is 5. The van der Waals surface area contributed by atoms with Crippen LogP contribution in [0.25, 0.3) is 5.65 Å². The van der Waals surface area contributed by atoms with Crippen molar-refractivity contribution in [2.45, 2.75) is 37.6 Å². The molecule has 7 nitrogen and oxygen atoms in total. The van der Waals surface area contributed by atoms with Crippen LogP contribution in [0.2, 0.25) is 0 Å². The molecule has 0 bridgehead atoms. The molecule has 140 valence electrons. The third-order valence-corrected chi connectivity index (χ3v) is 5.60. The van der Waals surface area contributed by atoms with Crippen LogP contribution in [0.5, 0.6) is 11.5 Å². The fraction of sp³-hybridized carbons (Fsp3) is 0.450. The van der Waals surface area contributed by atoms with Gasteiger partial charge in [-0.2, -0.15) is 0 Å². The molecule has 2 fully saturated rings. The van der Waals surface area contributed by atoms with Crippen LogP contribution in [0.1, 0.15) is 49.0 Å². The molecule has 1 aliphatic heterocycles. The van der Waals surface area contributed by atoms with Gasteiger partial charge in [-0.15, -0.1) is 10.2 Å². The Labute approximate surface area is 157 Å². The van der Waals surface area contributed by atoms with Gasteiger partial charge in [0.15, 0.2) is 5.82 Å². The van der Waals surface area contributed by atoms with Crippen molar-refractivity contribution in [3.63, 3.8) is 0 Å². The number of hydrogen-bond donors (Lipinski definition) is 0. The first kappa shape index (κ1) is 16.4. The predicted octanol–water partition coefficient (Wildman–Crippen LogP) is 3.36. The maximum atomic E-state index is 5.64. The Kier molecular flexibility index (Phi) is 3.88. The van der Waals surface area contributed by atoms with Gasteiger partial charge < -0.3 is 14.4 Å². The van der Waals surface area contributed by atoms with Gasteiger partial charge in [-0.1, -0.05) is 0 Å². The number of hydrogen-bond acceptors (Lipinski definition) is 6. The lowest BCUT2D eigenvalue weighted by Gasteiger charge is -2.27. The molecule has 1 unspecified atom stereocenters. The van der Waals surface area contributed by atoms with E-state index in [0.717, 1.165) is 53.7 Å². The van der Waals surface area contributed by atoms with E-state index >= 15 is 0 Å². The summed E-state index contributed by atoms with van der Waals surface area (Å²) in [4.78, 5) is 7.02. The van der Waals surface area contributed by atoms with Crippen molar-refractivity contribution < 1.29 is 9.47 Å². The molecule has 0 N–H and O–H groups in total. The summed E-state index contributed by atoms with van der Waals surface area (Å²) in [5, 5.41) is 8.93. The Morgan fingerprint density at radius 3 is 2.74 bits per heavy atom. The molecule has 3 heterocycles. The molecule has 5 rings (SSSR count). The van der Waals surface area contributed by atoms with E-state index in [1.165, 1.54) is 12.8 Å². The summed E-state index contributed by atoms with van der Waals surface area (Å²) < 4.78 is 13.2. The Bertz CT molecular complexity index is 982. The van der Waals surface area contributed by atoms with Crippen molar-refractivity contribution in [1.82, 2.24) is 19.6 Å². The third-order valence-electron chi connectivity index (χ3n) is 5.60. The van der Waals surface area contributed by atoms with Crippen LogP contribution in [0, 0.1) is 0 Å². The first-order chi connectivity index (χ1) is 13.3. The van der Waals surface area contributed by atoms with Crippen molar-refractivity contribution in [1.29, 1.82) is 0 Å². The SMILES string of the molecule is COc1ccc(OC)c(C2CCCN2c2nccn3c(C4CC4)nnc23)c1. The number of anilines is 1. The number of ether oxygens (including phenoxy) is 2. The van der Waals surface area contributed by atoms with Crippen LogP contribution < -0.4 is 14.4 Å². The summed E-state index contributed by atoms with van der Waals surface area (Å²) in [6, 6.07) is 6.15. The highest BCUT2D eigenvalue weighted by Crippen LogP contribution is 2.43. The molecule has 2 aliphatic rings. The largest absolute Gasteiger partial charge is 0.497 e. The number of fused-ring (bicyclic) bond motifs is 1. The Balaban J connectivity index is 1.58. The molecule has 27 heavy (non-hydrogen) atoms. The molecular formula is C20H23N5O2. The highest BCUT2D eigenvalue weighted by Gasteiger charge is 2.33. The van der Waals surface area contributed by atoms with E-state index < -0.39 is 0 Å². The topological polar surface area (TPSA) is 64.8 Å². The lowest BCUT2D eigenvalue weighted by molar-refractivity contribution is 0.395. The standard InChI is InChI=1S/C20H23N5O2/c1-26-14-7-8-17(27-2)15(12-14)16-4-3-10-24(16)19-20-23-22-18(13-5-6-13)25(20)11-9-21-19/h7-9,11-13,16H,3-6,10H2,1-2H3. The number of nitrogens with zero attached hydrogens (tertiary/aromatic N) is 5. The third kappa shape index (κ3) is 2.69. The minimum atomic E-state index is 0.176. The zero-order valence-electron chi connectivity index (χ0n) is 15.6. The fourth-order valence-electron chi connectivity index (χ4n) is 4.10. The molecule has 7 heteroatoms. The van der Waals surface area contributed by atoms with E-state index in [0.29, 0.717) is 5.92 Å². The molecule has 1 aliphatic carbocycles. The monoisotopic (exact) mass is 365 g/mol. The molecule has 3 aromatic rings. The summed E-state index contributed by atoms with van der Waals surface area (Å²) in [6.45, 7) is 0.934. The minimum absolute atomic E-state index is 0.176. The van der Waals surface area contributed by atoms with Crippen molar-refractivity contribution in [2.24, 2.45) is 0 Å². The van der Waals surface area contributed by atoms with Gasteiger partial charge in [0, 0.05) is 30.4 Å². The fourth-order valence-corrected chi connectivity index (χ4v) is 4.10. The molecule has 1 saturated carbocycles. The average molecular weight is 365 g/mol. The van der Waals surface area contributed by atoms with Gasteiger partial charge in [-0.3, -0.25) is 4.40 Å². The maximum Gasteiger partial charge on any atom is 0.203 e. The maximum absolute atomic E-state index is 5.64. The van der Waals surface area contributed by atoms with Crippen LogP contribution in [-0.2, 0) is 0 Å². The van der Waals surface area contributed by atoms with E-state index in [2.05, 4.69) is 30.5 Å². The molecule has 2 aromatic heterocycles. The number of aromatic nitrogens is 4. The molecule has 0 radical (unpaired) electrons. The highest BCUT2D eigenvalue weighted by atomic mass is 16.5. The zero-order valence-corrected chi connectivity index (χ0v) is 15.6. The second kappa shape index (κ2) is 6.40. The van der Waals surface area contributed by atoms with E-state index in [1.807, 2.05) is 24.5 Å². The lowest BCUT2D eigenvalue weighted by atomic mass is 10.0. The van der Waals surface area contributed by atoms with Crippen molar-refractivity contribution in [3.05, 3.63) is 42.0 Å². The van der Waals surface area contributed by atoms with E-state index in [4.69, 9.17) is 9.47 Å². The van der Waals surface area contributed by atoms with E-state index in [1.54, 1.807) is 14.2 Å². The summed E-state index contributed by atoms with van der Waals surface area (Å²) in [6.07, 6.45) is 8.37. The molecule has 1 aromatic carbocycles. The Morgan fingerprint density at radius 2 is 1.96 bits per heavy atom. The summed E-state index contributed by atoms with van der Waals surface area (Å²) in [5.74, 6) is 4.21. The quantitative estimate of drug-likeness (QED) is 0.691. The molecule has 0 spiro atoms. The Hall–Kier alpha value is -2.83. The number of methoxy groups -OCH3 is 2. The highest BCUT2D eigenvalue weighted by molar-refractivity contribution is 5.66. The predicted molar refractivity (Wildman–Crippen MR) is 102 cm³/mol. The second-order valence-corrected chi connectivity index (χ2v) is 7.24. The van der Waals surface area contributed by atoms with Gasteiger partial charge in [0.05, 0.1) is 20.3 Å². The summed E-state index contributed by atoms with van der Waals surface area (Å²) in [7, 11) is 3.40. The minimum Gasteiger partial charge on any atom is -0.497 e. The Morgan fingerprint density at radius 1 is 1.07 bits per heavy atom. The van der Waals surface area contributed by atoms with Gasteiger partial charge in [0.2, 0.25) is 5.65 Å². The van der Waals surface area contributed by atoms with Crippen LogP contribution in [-0.4, -0.2) is 40.3 Å². The molecule has 1 atom stereocenters. The summed E-state index contributed by atoms with van der Waals surface area (Å²) in [5.41, 5.74) is 1.97. The van der Waals surface area contributed by atoms with Crippen molar-refractivity contribution in [3.8, 4) is 11.5 Å². The van der Waals surface area contributed by atoms with Gasteiger partial charge >= 0.3 is 0 Å². The zero-order chi connectivity index (χ0) is 18.4. The average Bonchev–Trinajstić information content (AvgIpc) is 3.28. The second-order valence-electron chi connectivity index (χ2n) is 7.24. The van der Waals surface area contributed by atoms with Crippen molar-refractivity contribution in [2.75, 3.05) is 25.7 Å². The smallest absolute Gasteiger partial charge is 0.203 e. The van der Waals surface area contributed by atoms with Crippen LogP contribution in [0.4, 0.5) is 5.82 Å². The van der Waals surface area contributed by atoms with Gasteiger partial charge in [-0.25, -0.2) is 4.98 Å². The lowest BCUT2D eigenvalue weighted by Crippen LogP contribution is -2.24. The van der Waals surface area contributed by atoms with E-state index in [-0.39, 0.29) is 6.04 Å². The van der Waals surface area contributed by atoms with Crippen LogP contribution in [0.15, 0.2) is 30.6 Å². The molecule has 1 saturated heterocycles. The van der Waals surface area contributed by atoms with Crippen molar-refractivity contribution >= 4 is 11.5 Å². The van der Waals surface area contributed by atoms with Gasteiger partial charge in [0.25, 0.3) is 0 Å². The van der Waals surface area contributed by atoms with Gasteiger partial charge in [0.1, 0.15) is 17.3 Å². The first-order valence-corrected chi connectivity index (χ1v) is 9.48. The normalized spacial score (nSPS) is 19.6. The van der Waals surface area contributed by atoms with E-state index in [9.17, 15) is 0 Å². The molecular weight excluding hydrogens is 342 g/mol. The van der Waals surface area contributed by atoms with Crippen LogP contribution >= 0.6 is 0 Å². The molecule has 0 amide bonds. The van der Waals surface area contributed by atoms with Gasteiger partial charge in [-0.05, 0) is 43.9 Å². The number of benzene rings is 1. The summed E-state index contributed by atoms with van der Waals surface area (Å²) >= 11 is 0. The van der Waals surface area contributed by atoms with Crippen LogP contribution in [0.3, 0.4) is 0 Å². The first-order valence-electron chi connectivity index (χ1n) is 9.48.